The van der Waals surface area contributed by atoms with Crippen molar-refractivity contribution < 1.29 is 17.9 Å². The van der Waals surface area contributed by atoms with Crippen molar-refractivity contribution in [1.29, 1.82) is 0 Å². The van der Waals surface area contributed by atoms with E-state index in [1.54, 1.807) is 16.8 Å². The van der Waals surface area contributed by atoms with E-state index in [1.165, 1.54) is 6.07 Å². The molecule has 0 spiro atoms. The second-order valence-corrected chi connectivity index (χ2v) is 8.16. The van der Waals surface area contributed by atoms with E-state index >= 15 is 0 Å². The number of hydrogen-bond donors (Lipinski definition) is 2. The van der Waals surface area contributed by atoms with Crippen molar-refractivity contribution in [3.8, 4) is 17.1 Å². The SMILES string of the molecule is FC(F)(F)c1ccc(-c2nnc(N[C@@H]3CCCNC3)c3nccn23)c(OCc2ccccc2)c1. The zero-order valence-corrected chi connectivity index (χ0v) is 18.2. The van der Waals surface area contributed by atoms with Crippen molar-refractivity contribution in [2.24, 2.45) is 0 Å². The van der Waals surface area contributed by atoms with E-state index in [1.807, 2.05) is 30.3 Å². The molecule has 0 amide bonds. The van der Waals surface area contributed by atoms with Crippen molar-refractivity contribution in [1.82, 2.24) is 24.9 Å². The van der Waals surface area contributed by atoms with Crippen molar-refractivity contribution >= 4 is 11.5 Å². The number of rotatable bonds is 6. The van der Waals surface area contributed by atoms with Gasteiger partial charge in [-0.2, -0.15) is 13.2 Å². The van der Waals surface area contributed by atoms with Gasteiger partial charge in [-0.05, 0) is 43.1 Å². The van der Waals surface area contributed by atoms with Gasteiger partial charge in [0, 0.05) is 25.0 Å². The van der Waals surface area contributed by atoms with Crippen LogP contribution in [0.25, 0.3) is 17.0 Å². The molecule has 1 atom stereocenters. The first-order chi connectivity index (χ1) is 16.5. The van der Waals surface area contributed by atoms with E-state index in [4.69, 9.17) is 4.74 Å². The summed E-state index contributed by atoms with van der Waals surface area (Å²) in [6, 6.07) is 12.8. The van der Waals surface area contributed by atoms with Crippen LogP contribution in [0.1, 0.15) is 24.0 Å². The number of nitrogens with zero attached hydrogens (tertiary/aromatic N) is 4. The number of hydrogen-bond acceptors (Lipinski definition) is 6. The minimum atomic E-state index is -4.50. The maximum absolute atomic E-state index is 13.4. The summed E-state index contributed by atoms with van der Waals surface area (Å²) in [4.78, 5) is 4.41. The number of ether oxygens (including phenoxy) is 1. The maximum atomic E-state index is 13.4. The molecule has 1 fully saturated rings. The Balaban J connectivity index is 1.52. The first-order valence-corrected chi connectivity index (χ1v) is 11.0. The summed E-state index contributed by atoms with van der Waals surface area (Å²) in [5.74, 6) is 0.942. The first-order valence-electron chi connectivity index (χ1n) is 11.0. The van der Waals surface area contributed by atoms with Crippen LogP contribution >= 0.6 is 0 Å². The normalized spacial score (nSPS) is 16.5. The molecule has 2 aromatic heterocycles. The molecular weight excluding hydrogens is 445 g/mol. The van der Waals surface area contributed by atoms with E-state index in [2.05, 4.69) is 25.8 Å². The van der Waals surface area contributed by atoms with Gasteiger partial charge in [0.05, 0.1) is 11.1 Å². The standard InChI is InChI=1S/C24H23F3N6O/c25-24(26,27)17-8-9-19(20(13-17)34-15-16-5-2-1-3-6-16)22-32-31-21(23-29-11-12-33(22)23)30-18-7-4-10-28-14-18/h1-3,5-6,8-9,11-13,18,28H,4,7,10,14-15H2,(H,30,31)/t18-/m1/s1. The predicted molar refractivity (Wildman–Crippen MR) is 122 cm³/mol. The van der Waals surface area contributed by atoms with Crippen LogP contribution < -0.4 is 15.4 Å². The molecule has 1 aliphatic rings. The van der Waals surface area contributed by atoms with Gasteiger partial charge in [-0.1, -0.05) is 30.3 Å². The second-order valence-electron chi connectivity index (χ2n) is 8.16. The Labute approximate surface area is 194 Å². The fraction of sp³-hybridized carbons (Fsp3) is 0.292. The topological polar surface area (TPSA) is 76.4 Å². The van der Waals surface area contributed by atoms with Crippen LogP contribution in [0.4, 0.5) is 19.0 Å². The molecule has 3 heterocycles. The fourth-order valence-electron chi connectivity index (χ4n) is 4.02. The monoisotopic (exact) mass is 468 g/mol. The van der Waals surface area contributed by atoms with Crippen LogP contribution in [0, 0.1) is 0 Å². The Hall–Kier alpha value is -3.66. The third-order valence-corrected chi connectivity index (χ3v) is 5.75. The Morgan fingerprint density at radius 2 is 1.97 bits per heavy atom. The lowest BCUT2D eigenvalue weighted by atomic mass is 10.1. The van der Waals surface area contributed by atoms with Gasteiger partial charge in [-0.25, -0.2) is 4.98 Å². The van der Waals surface area contributed by atoms with Gasteiger partial charge in [0.15, 0.2) is 17.3 Å². The molecule has 2 N–H and O–H groups in total. The zero-order valence-electron chi connectivity index (χ0n) is 18.2. The predicted octanol–water partition coefficient (Wildman–Crippen LogP) is 4.55. The lowest BCUT2D eigenvalue weighted by Crippen LogP contribution is -2.38. The number of piperidine rings is 1. The average molecular weight is 468 g/mol. The molecule has 4 aromatic rings. The third kappa shape index (κ3) is 4.67. The third-order valence-electron chi connectivity index (χ3n) is 5.75. The Kier molecular flexibility index (Phi) is 6.06. The highest BCUT2D eigenvalue weighted by atomic mass is 19.4. The molecule has 1 aliphatic heterocycles. The quantitative estimate of drug-likeness (QED) is 0.432. The van der Waals surface area contributed by atoms with Crippen LogP contribution in [0.15, 0.2) is 60.9 Å². The molecule has 0 unspecified atom stereocenters. The van der Waals surface area contributed by atoms with Crippen molar-refractivity contribution in [2.75, 3.05) is 18.4 Å². The summed E-state index contributed by atoms with van der Waals surface area (Å²) >= 11 is 0. The van der Waals surface area contributed by atoms with Gasteiger partial charge in [0.25, 0.3) is 0 Å². The van der Waals surface area contributed by atoms with Gasteiger partial charge >= 0.3 is 6.18 Å². The fourth-order valence-corrected chi connectivity index (χ4v) is 4.02. The minimum Gasteiger partial charge on any atom is -0.488 e. The van der Waals surface area contributed by atoms with E-state index in [0.717, 1.165) is 43.6 Å². The van der Waals surface area contributed by atoms with Crippen LogP contribution in [-0.2, 0) is 12.8 Å². The maximum Gasteiger partial charge on any atom is 0.416 e. The molecule has 0 saturated carbocycles. The minimum absolute atomic E-state index is 0.0696. The Morgan fingerprint density at radius 1 is 1.12 bits per heavy atom. The van der Waals surface area contributed by atoms with E-state index in [-0.39, 0.29) is 18.4 Å². The van der Waals surface area contributed by atoms with E-state index < -0.39 is 11.7 Å². The molecule has 0 radical (unpaired) electrons. The van der Waals surface area contributed by atoms with Crippen LogP contribution in [0.2, 0.25) is 0 Å². The molecule has 10 heteroatoms. The van der Waals surface area contributed by atoms with Gasteiger partial charge in [0.1, 0.15) is 12.4 Å². The number of halogens is 3. The molecule has 7 nitrogen and oxygen atoms in total. The lowest BCUT2D eigenvalue weighted by molar-refractivity contribution is -0.137. The molecule has 0 aliphatic carbocycles. The average Bonchev–Trinajstić information content (AvgIpc) is 3.34. The summed E-state index contributed by atoms with van der Waals surface area (Å²) < 4.78 is 47.9. The van der Waals surface area contributed by atoms with Gasteiger partial charge < -0.3 is 15.4 Å². The van der Waals surface area contributed by atoms with Gasteiger partial charge in [0.2, 0.25) is 0 Å². The number of aromatic nitrogens is 4. The summed E-state index contributed by atoms with van der Waals surface area (Å²) in [7, 11) is 0. The number of anilines is 1. The first kappa shape index (κ1) is 22.1. The molecule has 0 bridgehead atoms. The largest absolute Gasteiger partial charge is 0.488 e. The molecule has 34 heavy (non-hydrogen) atoms. The summed E-state index contributed by atoms with van der Waals surface area (Å²) in [6.07, 6.45) is 0.881. The highest BCUT2D eigenvalue weighted by Crippen LogP contribution is 2.37. The highest BCUT2D eigenvalue weighted by molar-refractivity contribution is 5.71. The zero-order chi connectivity index (χ0) is 23.5. The number of fused-ring (bicyclic) bond motifs is 1. The molecular formula is C24H23F3N6O. The van der Waals surface area contributed by atoms with Gasteiger partial charge in [-0.3, -0.25) is 4.40 Å². The van der Waals surface area contributed by atoms with E-state index in [0.29, 0.717) is 22.9 Å². The molecule has 176 valence electrons. The van der Waals surface area contributed by atoms with Crippen LogP contribution in [0.5, 0.6) is 5.75 Å². The lowest BCUT2D eigenvalue weighted by Gasteiger charge is -2.24. The summed E-state index contributed by atoms with van der Waals surface area (Å²) in [5, 5.41) is 15.4. The smallest absolute Gasteiger partial charge is 0.416 e. The number of nitrogens with one attached hydrogen (secondary N) is 2. The van der Waals surface area contributed by atoms with Crippen LogP contribution in [0.3, 0.4) is 0 Å². The highest BCUT2D eigenvalue weighted by Gasteiger charge is 2.32. The van der Waals surface area contributed by atoms with Crippen molar-refractivity contribution in [3.63, 3.8) is 0 Å². The van der Waals surface area contributed by atoms with E-state index in [9.17, 15) is 13.2 Å². The van der Waals surface area contributed by atoms with Crippen LogP contribution in [-0.4, -0.2) is 38.7 Å². The Bertz CT molecular complexity index is 1270. The van der Waals surface area contributed by atoms with Crippen molar-refractivity contribution in [3.05, 3.63) is 72.1 Å². The molecule has 5 rings (SSSR count). The van der Waals surface area contributed by atoms with Gasteiger partial charge in [-0.15, -0.1) is 10.2 Å². The number of imidazole rings is 1. The number of benzene rings is 2. The van der Waals surface area contributed by atoms with Crippen molar-refractivity contribution in [2.45, 2.75) is 31.7 Å². The molecule has 1 saturated heterocycles. The second kappa shape index (κ2) is 9.30. The number of alkyl halides is 3. The summed E-state index contributed by atoms with van der Waals surface area (Å²) in [6.45, 7) is 1.91. The Morgan fingerprint density at radius 3 is 2.74 bits per heavy atom. The molecule has 2 aromatic carbocycles. The summed E-state index contributed by atoms with van der Waals surface area (Å²) in [5.41, 5.74) is 0.984.